The largest absolute Gasteiger partial charge is 0.374 e. The lowest BCUT2D eigenvalue weighted by Gasteiger charge is -2.20. The van der Waals surface area contributed by atoms with E-state index < -0.39 is 0 Å². The molecule has 3 heteroatoms. The van der Waals surface area contributed by atoms with E-state index in [2.05, 4.69) is 27.8 Å². The summed E-state index contributed by atoms with van der Waals surface area (Å²) in [7, 11) is 2.00. The van der Waals surface area contributed by atoms with E-state index in [1.54, 1.807) is 0 Å². The molecule has 0 aromatic heterocycles. The molecule has 0 amide bonds. The minimum absolute atomic E-state index is 0.732. The lowest BCUT2D eigenvalue weighted by atomic mass is 10.2. The van der Waals surface area contributed by atoms with Gasteiger partial charge in [0.25, 0.3) is 0 Å². The molecule has 0 N–H and O–H groups in total. The van der Waals surface area contributed by atoms with Crippen molar-refractivity contribution in [1.29, 1.82) is 0 Å². The van der Waals surface area contributed by atoms with Gasteiger partial charge in [0, 0.05) is 29.3 Å². The standard InChI is InChI=1S/C11H14BrNO/c1-3-6-13(2)11-5-4-10(12)7-9(11)8-14/h4-5,7-8H,3,6H2,1-2H3. The van der Waals surface area contributed by atoms with E-state index >= 15 is 0 Å². The summed E-state index contributed by atoms with van der Waals surface area (Å²) in [5.74, 6) is 0. The molecule has 0 spiro atoms. The highest BCUT2D eigenvalue weighted by molar-refractivity contribution is 9.10. The van der Waals surface area contributed by atoms with Crippen molar-refractivity contribution in [3.05, 3.63) is 28.2 Å². The van der Waals surface area contributed by atoms with Crippen LogP contribution in [0.25, 0.3) is 0 Å². The molecule has 0 saturated heterocycles. The van der Waals surface area contributed by atoms with Crippen molar-refractivity contribution < 1.29 is 4.79 Å². The van der Waals surface area contributed by atoms with Gasteiger partial charge in [0.2, 0.25) is 0 Å². The lowest BCUT2D eigenvalue weighted by molar-refractivity contribution is 0.112. The molecule has 0 unspecified atom stereocenters. The van der Waals surface area contributed by atoms with Crippen molar-refractivity contribution in [3.8, 4) is 0 Å². The molecule has 0 saturated carbocycles. The fourth-order valence-electron chi connectivity index (χ4n) is 1.42. The first-order chi connectivity index (χ1) is 6.69. The summed E-state index contributed by atoms with van der Waals surface area (Å²) in [6.07, 6.45) is 1.97. The molecular formula is C11H14BrNO. The maximum absolute atomic E-state index is 10.8. The van der Waals surface area contributed by atoms with Crippen LogP contribution in [0.1, 0.15) is 23.7 Å². The Kier molecular flexibility index (Phi) is 4.14. The van der Waals surface area contributed by atoms with Crippen LogP contribution in [0.2, 0.25) is 0 Å². The number of anilines is 1. The lowest BCUT2D eigenvalue weighted by Crippen LogP contribution is -2.19. The van der Waals surface area contributed by atoms with Gasteiger partial charge in [0.05, 0.1) is 0 Å². The van der Waals surface area contributed by atoms with E-state index in [1.807, 2.05) is 25.2 Å². The van der Waals surface area contributed by atoms with Gasteiger partial charge < -0.3 is 4.90 Å². The predicted octanol–water partition coefficient (Wildman–Crippen LogP) is 3.11. The van der Waals surface area contributed by atoms with E-state index in [9.17, 15) is 4.79 Å². The van der Waals surface area contributed by atoms with Crippen LogP contribution in [-0.4, -0.2) is 19.9 Å². The van der Waals surface area contributed by atoms with Crippen molar-refractivity contribution in [2.75, 3.05) is 18.5 Å². The third-order valence-corrected chi connectivity index (χ3v) is 2.58. The molecule has 0 aliphatic heterocycles. The zero-order valence-electron chi connectivity index (χ0n) is 8.46. The highest BCUT2D eigenvalue weighted by Gasteiger charge is 2.06. The minimum atomic E-state index is 0.732. The summed E-state index contributed by atoms with van der Waals surface area (Å²) < 4.78 is 0.938. The number of nitrogens with zero attached hydrogens (tertiary/aromatic N) is 1. The monoisotopic (exact) mass is 255 g/mol. The second-order valence-electron chi connectivity index (χ2n) is 3.24. The Morgan fingerprint density at radius 3 is 2.79 bits per heavy atom. The van der Waals surface area contributed by atoms with Gasteiger partial charge in [-0.05, 0) is 24.6 Å². The second kappa shape index (κ2) is 5.15. The van der Waals surface area contributed by atoms with Gasteiger partial charge in [0.1, 0.15) is 0 Å². The van der Waals surface area contributed by atoms with Crippen LogP contribution in [0, 0.1) is 0 Å². The molecule has 0 radical (unpaired) electrons. The molecule has 0 atom stereocenters. The number of aldehydes is 1. The zero-order chi connectivity index (χ0) is 10.6. The minimum Gasteiger partial charge on any atom is -0.374 e. The molecule has 0 aliphatic rings. The number of benzene rings is 1. The number of halogens is 1. The normalized spacial score (nSPS) is 9.93. The molecule has 14 heavy (non-hydrogen) atoms. The van der Waals surface area contributed by atoms with Crippen LogP contribution in [0.15, 0.2) is 22.7 Å². The molecule has 2 nitrogen and oxygen atoms in total. The van der Waals surface area contributed by atoms with Gasteiger partial charge in [-0.25, -0.2) is 0 Å². The van der Waals surface area contributed by atoms with Crippen molar-refractivity contribution >= 4 is 27.9 Å². The van der Waals surface area contributed by atoms with Crippen LogP contribution in [-0.2, 0) is 0 Å². The van der Waals surface area contributed by atoms with E-state index in [0.717, 1.165) is 35.0 Å². The first-order valence-electron chi connectivity index (χ1n) is 4.65. The first kappa shape index (κ1) is 11.2. The summed E-state index contributed by atoms with van der Waals surface area (Å²) in [6, 6.07) is 5.76. The quantitative estimate of drug-likeness (QED) is 0.771. The smallest absolute Gasteiger partial charge is 0.152 e. The highest BCUT2D eigenvalue weighted by Crippen LogP contribution is 2.22. The summed E-state index contributed by atoms with van der Waals surface area (Å²) in [5.41, 5.74) is 1.72. The fourth-order valence-corrected chi connectivity index (χ4v) is 1.80. The van der Waals surface area contributed by atoms with Crippen molar-refractivity contribution in [2.45, 2.75) is 13.3 Å². The average Bonchev–Trinajstić information content (AvgIpc) is 2.17. The fraction of sp³-hybridized carbons (Fsp3) is 0.364. The molecular weight excluding hydrogens is 242 g/mol. The van der Waals surface area contributed by atoms with E-state index in [0.29, 0.717) is 0 Å². The third kappa shape index (κ3) is 2.58. The molecule has 0 bridgehead atoms. The van der Waals surface area contributed by atoms with Crippen LogP contribution in [0.5, 0.6) is 0 Å². The van der Waals surface area contributed by atoms with Crippen LogP contribution >= 0.6 is 15.9 Å². The number of hydrogen-bond donors (Lipinski definition) is 0. The Hall–Kier alpha value is -0.830. The van der Waals surface area contributed by atoms with Crippen LogP contribution < -0.4 is 4.90 Å². The molecule has 0 fully saturated rings. The van der Waals surface area contributed by atoms with Crippen molar-refractivity contribution in [1.82, 2.24) is 0 Å². The third-order valence-electron chi connectivity index (χ3n) is 2.09. The Labute approximate surface area is 93.0 Å². The molecule has 76 valence electrons. The molecule has 0 heterocycles. The van der Waals surface area contributed by atoms with Gasteiger partial charge in [-0.1, -0.05) is 22.9 Å². The second-order valence-corrected chi connectivity index (χ2v) is 4.16. The first-order valence-corrected chi connectivity index (χ1v) is 5.44. The van der Waals surface area contributed by atoms with Crippen molar-refractivity contribution in [3.63, 3.8) is 0 Å². The number of carbonyl (C=O) groups is 1. The van der Waals surface area contributed by atoms with Crippen LogP contribution in [0.4, 0.5) is 5.69 Å². The van der Waals surface area contributed by atoms with Gasteiger partial charge in [-0.3, -0.25) is 4.79 Å². The Balaban J connectivity index is 3.01. The SMILES string of the molecule is CCCN(C)c1ccc(Br)cc1C=O. The highest BCUT2D eigenvalue weighted by atomic mass is 79.9. The van der Waals surface area contributed by atoms with E-state index in [-0.39, 0.29) is 0 Å². The summed E-state index contributed by atoms with van der Waals surface area (Å²) >= 11 is 3.35. The molecule has 1 aromatic carbocycles. The van der Waals surface area contributed by atoms with Gasteiger partial charge in [-0.15, -0.1) is 0 Å². The Morgan fingerprint density at radius 2 is 2.21 bits per heavy atom. The number of carbonyl (C=O) groups excluding carboxylic acids is 1. The predicted molar refractivity (Wildman–Crippen MR) is 63.1 cm³/mol. The van der Waals surface area contributed by atoms with Crippen LogP contribution in [0.3, 0.4) is 0 Å². The maximum atomic E-state index is 10.8. The van der Waals surface area contributed by atoms with Gasteiger partial charge >= 0.3 is 0 Å². The topological polar surface area (TPSA) is 20.3 Å². The van der Waals surface area contributed by atoms with Gasteiger partial charge in [0.15, 0.2) is 6.29 Å². The van der Waals surface area contributed by atoms with Crippen molar-refractivity contribution in [2.24, 2.45) is 0 Å². The number of rotatable bonds is 4. The zero-order valence-corrected chi connectivity index (χ0v) is 10.0. The van der Waals surface area contributed by atoms with E-state index in [4.69, 9.17) is 0 Å². The molecule has 0 aliphatic carbocycles. The van der Waals surface area contributed by atoms with E-state index in [1.165, 1.54) is 0 Å². The average molecular weight is 256 g/mol. The van der Waals surface area contributed by atoms with Gasteiger partial charge in [-0.2, -0.15) is 0 Å². The summed E-state index contributed by atoms with van der Waals surface area (Å²) in [6.45, 7) is 3.08. The summed E-state index contributed by atoms with van der Waals surface area (Å²) in [5, 5.41) is 0. The molecule has 1 rings (SSSR count). The number of hydrogen-bond acceptors (Lipinski definition) is 2. The Bertz CT molecular complexity index is 325. The Morgan fingerprint density at radius 1 is 1.50 bits per heavy atom. The summed E-state index contributed by atoms with van der Waals surface area (Å²) in [4.78, 5) is 12.9. The molecule has 1 aromatic rings. The maximum Gasteiger partial charge on any atom is 0.152 e.